The second-order valence-electron chi connectivity index (χ2n) is 8.39. The van der Waals surface area contributed by atoms with Crippen molar-refractivity contribution in [2.24, 2.45) is 17.8 Å². The SMILES string of the molecule is O=C1NC2=CC=CC(C3CCNCC3)C2/C1=C/c1ccc(N2CCOCC2)cc1. The van der Waals surface area contributed by atoms with Gasteiger partial charge in [-0.2, -0.15) is 0 Å². The van der Waals surface area contributed by atoms with E-state index >= 15 is 0 Å². The zero-order valence-electron chi connectivity index (χ0n) is 16.8. The van der Waals surface area contributed by atoms with Crippen LogP contribution in [0, 0.1) is 17.8 Å². The highest BCUT2D eigenvalue weighted by atomic mass is 16.5. The molecule has 1 amide bonds. The van der Waals surface area contributed by atoms with Crippen LogP contribution < -0.4 is 15.5 Å². The quantitative estimate of drug-likeness (QED) is 0.778. The number of ether oxygens (including phenoxy) is 1. The lowest BCUT2D eigenvalue weighted by atomic mass is 9.72. The molecule has 1 aliphatic carbocycles. The minimum absolute atomic E-state index is 0.0566. The Morgan fingerprint density at radius 1 is 1.07 bits per heavy atom. The van der Waals surface area contributed by atoms with E-state index in [0.717, 1.165) is 56.2 Å². The molecule has 0 radical (unpaired) electrons. The molecule has 3 heterocycles. The molecule has 0 aromatic heterocycles. The standard InChI is InChI=1S/C24H29N3O2/c28-24-21(16-17-4-6-19(7-5-17)27-12-14-29-15-13-27)23-20(2-1-3-22(23)26-24)18-8-10-25-11-9-18/h1-7,16,18,20,23,25H,8-15H2,(H,26,28)/b21-16-. The molecule has 3 saturated heterocycles. The van der Waals surface area contributed by atoms with Crippen LogP contribution >= 0.6 is 0 Å². The van der Waals surface area contributed by atoms with Crippen LogP contribution in [0.4, 0.5) is 5.69 Å². The topological polar surface area (TPSA) is 53.6 Å². The average molecular weight is 392 g/mol. The van der Waals surface area contributed by atoms with Gasteiger partial charge in [-0.3, -0.25) is 4.79 Å². The summed E-state index contributed by atoms with van der Waals surface area (Å²) in [5, 5.41) is 6.58. The van der Waals surface area contributed by atoms with Crippen molar-refractivity contribution in [3.05, 3.63) is 59.3 Å². The number of piperidine rings is 1. The van der Waals surface area contributed by atoms with Gasteiger partial charge in [0.05, 0.1) is 13.2 Å². The van der Waals surface area contributed by atoms with Crippen molar-refractivity contribution in [1.29, 1.82) is 0 Å². The van der Waals surface area contributed by atoms with Gasteiger partial charge in [-0.1, -0.05) is 24.3 Å². The fourth-order valence-corrected chi connectivity index (χ4v) is 5.14. The predicted molar refractivity (Wildman–Crippen MR) is 115 cm³/mol. The van der Waals surface area contributed by atoms with Crippen molar-refractivity contribution in [2.75, 3.05) is 44.3 Å². The van der Waals surface area contributed by atoms with E-state index in [1.54, 1.807) is 0 Å². The fraction of sp³-hybridized carbons (Fsp3) is 0.458. The number of allylic oxidation sites excluding steroid dienone is 4. The lowest BCUT2D eigenvalue weighted by Gasteiger charge is -2.34. The zero-order valence-corrected chi connectivity index (χ0v) is 16.8. The van der Waals surface area contributed by atoms with Gasteiger partial charge in [-0.25, -0.2) is 0 Å². The number of amides is 1. The minimum Gasteiger partial charge on any atom is -0.378 e. The van der Waals surface area contributed by atoms with E-state index in [9.17, 15) is 4.79 Å². The molecular weight excluding hydrogens is 362 g/mol. The molecule has 2 atom stereocenters. The van der Waals surface area contributed by atoms with Crippen LogP contribution in [0.25, 0.3) is 6.08 Å². The van der Waals surface area contributed by atoms with Crippen molar-refractivity contribution < 1.29 is 9.53 Å². The molecule has 4 aliphatic rings. The van der Waals surface area contributed by atoms with Crippen molar-refractivity contribution in [3.8, 4) is 0 Å². The van der Waals surface area contributed by atoms with Crippen LogP contribution in [0.1, 0.15) is 18.4 Å². The molecule has 2 unspecified atom stereocenters. The lowest BCUT2D eigenvalue weighted by molar-refractivity contribution is -0.115. The van der Waals surface area contributed by atoms with Crippen molar-refractivity contribution >= 4 is 17.7 Å². The van der Waals surface area contributed by atoms with Gasteiger partial charge in [-0.15, -0.1) is 0 Å². The summed E-state index contributed by atoms with van der Waals surface area (Å²) in [5.41, 5.74) is 4.28. The van der Waals surface area contributed by atoms with Gasteiger partial charge in [0.25, 0.3) is 5.91 Å². The summed E-state index contributed by atoms with van der Waals surface area (Å²) in [6.45, 7) is 5.59. The Bertz CT molecular complexity index is 843. The molecular formula is C24H29N3O2. The van der Waals surface area contributed by atoms with Crippen LogP contribution in [0.3, 0.4) is 0 Å². The number of anilines is 1. The number of fused-ring (bicyclic) bond motifs is 1. The molecule has 0 bridgehead atoms. The smallest absolute Gasteiger partial charge is 0.252 e. The summed E-state index contributed by atoms with van der Waals surface area (Å²) in [7, 11) is 0. The third-order valence-electron chi connectivity index (χ3n) is 6.70. The van der Waals surface area contributed by atoms with Gasteiger partial charge < -0.3 is 20.3 Å². The van der Waals surface area contributed by atoms with E-state index in [2.05, 4.69) is 64.1 Å². The molecule has 3 aliphatic heterocycles. The van der Waals surface area contributed by atoms with Crippen molar-refractivity contribution in [3.63, 3.8) is 0 Å². The maximum absolute atomic E-state index is 12.8. The molecule has 1 aromatic rings. The zero-order chi connectivity index (χ0) is 19.6. The molecule has 5 nitrogen and oxygen atoms in total. The summed E-state index contributed by atoms with van der Waals surface area (Å²) in [5.74, 6) is 1.24. The third kappa shape index (κ3) is 3.77. The van der Waals surface area contributed by atoms with E-state index in [0.29, 0.717) is 11.8 Å². The van der Waals surface area contributed by atoms with Gasteiger partial charge in [0, 0.05) is 36.0 Å². The first-order chi connectivity index (χ1) is 14.3. The second kappa shape index (κ2) is 8.17. The lowest BCUT2D eigenvalue weighted by Crippen LogP contribution is -2.36. The number of nitrogens with one attached hydrogen (secondary N) is 2. The molecule has 5 rings (SSSR count). The Kier molecular flexibility index (Phi) is 5.25. The highest BCUT2D eigenvalue weighted by Gasteiger charge is 2.41. The van der Waals surface area contributed by atoms with Gasteiger partial charge in [0.1, 0.15) is 0 Å². The largest absolute Gasteiger partial charge is 0.378 e. The number of hydrogen-bond donors (Lipinski definition) is 2. The molecule has 5 heteroatoms. The fourth-order valence-electron chi connectivity index (χ4n) is 5.14. The van der Waals surface area contributed by atoms with E-state index in [1.807, 2.05) is 0 Å². The molecule has 29 heavy (non-hydrogen) atoms. The van der Waals surface area contributed by atoms with Crippen LogP contribution in [0.2, 0.25) is 0 Å². The number of carbonyl (C=O) groups is 1. The van der Waals surface area contributed by atoms with Crippen LogP contribution in [-0.4, -0.2) is 45.3 Å². The number of nitrogens with zero attached hydrogens (tertiary/aromatic N) is 1. The number of hydrogen-bond acceptors (Lipinski definition) is 4. The molecule has 2 N–H and O–H groups in total. The van der Waals surface area contributed by atoms with Crippen LogP contribution in [0.5, 0.6) is 0 Å². The van der Waals surface area contributed by atoms with Gasteiger partial charge >= 0.3 is 0 Å². The predicted octanol–water partition coefficient (Wildman–Crippen LogP) is 2.72. The Labute approximate surface area is 172 Å². The van der Waals surface area contributed by atoms with E-state index < -0.39 is 0 Å². The number of rotatable bonds is 3. The first kappa shape index (κ1) is 18.6. The molecule has 0 saturated carbocycles. The maximum atomic E-state index is 12.8. The number of benzene rings is 1. The summed E-state index contributed by atoms with van der Waals surface area (Å²) in [4.78, 5) is 15.2. The van der Waals surface area contributed by atoms with E-state index in [4.69, 9.17) is 4.74 Å². The van der Waals surface area contributed by atoms with Gasteiger partial charge in [0.15, 0.2) is 0 Å². The molecule has 152 valence electrons. The average Bonchev–Trinajstić information content (AvgIpc) is 3.10. The van der Waals surface area contributed by atoms with Gasteiger partial charge in [-0.05, 0) is 67.6 Å². The van der Waals surface area contributed by atoms with E-state index in [-0.39, 0.29) is 11.8 Å². The maximum Gasteiger partial charge on any atom is 0.252 e. The highest BCUT2D eigenvalue weighted by molar-refractivity contribution is 6.03. The summed E-state index contributed by atoms with van der Waals surface area (Å²) in [6, 6.07) is 8.58. The Balaban J connectivity index is 1.39. The first-order valence-corrected chi connectivity index (χ1v) is 10.8. The van der Waals surface area contributed by atoms with Crippen molar-refractivity contribution in [2.45, 2.75) is 12.8 Å². The highest BCUT2D eigenvalue weighted by Crippen LogP contribution is 2.43. The Morgan fingerprint density at radius 2 is 1.83 bits per heavy atom. The normalized spacial score (nSPS) is 29.0. The summed E-state index contributed by atoms with van der Waals surface area (Å²) < 4.78 is 5.45. The summed E-state index contributed by atoms with van der Waals surface area (Å²) >= 11 is 0. The van der Waals surface area contributed by atoms with E-state index in [1.165, 1.54) is 18.5 Å². The number of morpholine rings is 1. The van der Waals surface area contributed by atoms with Gasteiger partial charge in [0.2, 0.25) is 0 Å². The monoisotopic (exact) mass is 391 g/mol. The molecule has 0 spiro atoms. The summed E-state index contributed by atoms with van der Waals surface area (Å²) in [6.07, 6.45) is 11.0. The minimum atomic E-state index is 0.0566. The first-order valence-electron chi connectivity index (χ1n) is 10.8. The van der Waals surface area contributed by atoms with Crippen LogP contribution in [-0.2, 0) is 9.53 Å². The molecule has 3 fully saturated rings. The van der Waals surface area contributed by atoms with Crippen molar-refractivity contribution in [1.82, 2.24) is 10.6 Å². The third-order valence-corrected chi connectivity index (χ3v) is 6.70. The number of carbonyl (C=O) groups excluding carboxylic acids is 1. The Hall–Kier alpha value is -2.37. The Morgan fingerprint density at radius 3 is 2.59 bits per heavy atom. The second-order valence-corrected chi connectivity index (χ2v) is 8.39. The van der Waals surface area contributed by atoms with Crippen LogP contribution in [0.15, 0.2) is 53.8 Å². The molecule has 1 aromatic carbocycles.